The highest BCUT2D eigenvalue weighted by atomic mass is 19.4. The van der Waals surface area contributed by atoms with Crippen molar-refractivity contribution in [1.29, 1.82) is 0 Å². The predicted octanol–water partition coefficient (Wildman–Crippen LogP) is 0.950. The van der Waals surface area contributed by atoms with Crippen LogP contribution in [-0.2, 0) is 9.59 Å². The summed E-state index contributed by atoms with van der Waals surface area (Å²) >= 11 is 0. The van der Waals surface area contributed by atoms with Crippen LogP contribution < -0.4 is 21.1 Å². The Morgan fingerprint density at radius 3 is 2.55 bits per heavy atom. The van der Waals surface area contributed by atoms with Crippen LogP contribution in [0.25, 0.3) is 0 Å². The Bertz CT molecular complexity index is 547. The van der Waals surface area contributed by atoms with Crippen molar-refractivity contribution in [2.75, 3.05) is 25.0 Å². The molecule has 0 aliphatic carbocycles. The molecule has 4 N–H and O–H groups in total. The number of anilines is 1. The minimum absolute atomic E-state index is 0.0149. The Balaban J connectivity index is 2.68. The van der Waals surface area contributed by atoms with Crippen molar-refractivity contribution >= 4 is 17.5 Å². The van der Waals surface area contributed by atoms with Gasteiger partial charge in [-0.2, -0.15) is 13.2 Å². The van der Waals surface area contributed by atoms with E-state index in [0.717, 1.165) is 0 Å². The van der Waals surface area contributed by atoms with Gasteiger partial charge in [0.05, 0.1) is 13.1 Å². The monoisotopic (exact) mass is 319 g/mol. The number of hydrogen-bond donors (Lipinski definition) is 3. The topological polar surface area (TPSA) is 93.5 Å². The fourth-order valence-corrected chi connectivity index (χ4v) is 1.51. The number of benzene rings is 1. The maximum Gasteiger partial charge on any atom is 0.422 e. The summed E-state index contributed by atoms with van der Waals surface area (Å²) in [6.07, 6.45) is -4.45. The molecule has 0 aromatic heterocycles. The van der Waals surface area contributed by atoms with Crippen LogP contribution in [0.3, 0.4) is 0 Å². The normalized spacial score (nSPS) is 11.0. The molecule has 0 saturated carbocycles. The number of hydrogen-bond acceptors (Lipinski definition) is 4. The summed E-state index contributed by atoms with van der Waals surface area (Å²) in [5.74, 6) is -1.01. The fourth-order valence-electron chi connectivity index (χ4n) is 1.51. The number of carbonyl (C=O) groups excluding carboxylic acids is 2. The van der Waals surface area contributed by atoms with E-state index in [4.69, 9.17) is 5.73 Å². The average Bonchev–Trinajstić information content (AvgIpc) is 2.44. The highest BCUT2D eigenvalue weighted by molar-refractivity contribution is 5.95. The molecule has 0 unspecified atom stereocenters. The van der Waals surface area contributed by atoms with E-state index in [9.17, 15) is 22.8 Å². The fraction of sp³-hybridized carbons (Fsp3) is 0.385. The second kappa shape index (κ2) is 7.64. The lowest BCUT2D eigenvalue weighted by Crippen LogP contribution is -2.36. The molecule has 1 aromatic rings. The first-order valence-electron chi connectivity index (χ1n) is 6.28. The van der Waals surface area contributed by atoms with Crippen LogP contribution >= 0.6 is 0 Å². The first kappa shape index (κ1) is 17.8. The van der Waals surface area contributed by atoms with Crippen LogP contribution in [-0.4, -0.2) is 37.7 Å². The molecule has 0 atom stereocenters. The quantitative estimate of drug-likeness (QED) is 0.728. The molecular formula is C13H16F3N3O3. The number of amides is 2. The van der Waals surface area contributed by atoms with Gasteiger partial charge in [0.15, 0.2) is 6.61 Å². The summed E-state index contributed by atoms with van der Waals surface area (Å²) < 4.78 is 41.1. The first-order chi connectivity index (χ1) is 10.2. The van der Waals surface area contributed by atoms with Crippen LogP contribution in [0.4, 0.5) is 18.9 Å². The highest BCUT2D eigenvalue weighted by Crippen LogP contribution is 2.27. The number of nitrogens with two attached hydrogens (primary N) is 1. The molecule has 0 heterocycles. The van der Waals surface area contributed by atoms with Gasteiger partial charge in [0.1, 0.15) is 5.75 Å². The molecule has 6 nitrogen and oxygen atoms in total. The van der Waals surface area contributed by atoms with Crippen molar-refractivity contribution in [2.24, 2.45) is 5.73 Å². The van der Waals surface area contributed by atoms with E-state index < -0.39 is 24.6 Å². The van der Waals surface area contributed by atoms with Gasteiger partial charge in [-0.3, -0.25) is 9.59 Å². The van der Waals surface area contributed by atoms with E-state index in [1.54, 1.807) is 0 Å². The predicted molar refractivity (Wildman–Crippen MR) is 73.4 cm³/mol. The summed E-state index contributed by atoms with van der Waals surface area (Å²) in [7, 11) is 0. The summed E-state index contributed by atoms with van der Waals surface area (Å²) in [5, 5.41) is 4.75. The van der Waals surface area contributed by atoms with Gasteiger partial charge >= 0.3 is 6.18 Å². The molecule has 0 spiro atoms. The van der Waals surface area contributed by atoms with Gasteiger partial charge in [0.2, 0.25) is 11.8 Å². The lowest BCUT2D eigenvalue weighted by Gasteiger charge is -2.14. The van der Waals surface area contributed by atoms with Gasteiger partial charge in [0, 0.05) is 11.3 Å². The molecule has 0 aliphatic rings. The third-order valence-corrected chi connectivity index (χ3v) is 2.58. The molecule has 0 saturated heterocycles. The lowest BCUT2D eigenvalue weighted by molar-refractivity contribution is -0.153. The molecule has 0 bridgehead atoms. The maximum atomic E-state index is 12.1. The first-order valence-corrected chi connectivity index (χ1v) is 6.28. The minimum atomic E-state index is -4.45. The van der Waals surface area contributed by atoms with Crippen LogP contribution in [0.5, 0.6) is 5.75 Å². The van der Waals surface area contributed by atoms with Crippen molar-refractivity contribution in [3.63, 3.8) is 0 Å². The minimum Gasteiger partial charge on any atom is -0.484 e. The van der Waals surface area contributed by atoms with Crippen LogP contribution in [0, 0.1) is 6.92 Å². The number of carbonyl (C=O) groups is 2. The van der Waals surface area contributed by atoms with Crippen molar-refractivity contribution < 1.29 is 27.5 Å². The van der Waals surface area contributed by atoms with E-state index in [-0.39, 0.29) is 18.8 Å². The summed E-state index contributed by atoms with van der Waals surface area (Å²) in [5.41, 5.74) is 5.72. The van der Waals surface area contributed by atoms with E-state index in [1.807, 2.05) is 0 Å². The van der Waals surface area contributed by atoms with Crippen molar-refractivity contribution in [3.05, 3.63) is 23.8 Å². The third-order valence-electron chi connectivity index (χ3n) is 2.58. The molecule has 22 heavy (non-hydrogen) atoms. The summed E-state index contributed by atoms with van der Waals surface area (Å²) in [6.45, 7) is -0.437. The van der Waals surface area contributed by atoms with Crippen molar-refractivity contribution in [3.8, 4) is 5.75 Å². The Morgan fingerprint density at radius 2 is 1.95 bits per heavy atom. The second-order valence-corrected chi connectivity index (χ2v) is 4.36. The molecule has 1 aromatic carbocycles. The van der Waals surface area contributed by atoms with Crippen LogP contribution in [0.1, 0.15) is 5.56 Å². The molecule has 122 valence electrons. The average molecular weight is 319 g/mol. The Labute approximate surface area is 124 Å². The second-order valence-electron chi connectivity index (χ2n) is 4.36. The van der Waals surface area contributed by atoms with Gasteiger partial charge in [-0.1, -0.05) is 6.07 Å². The largest absolute Gasteiger partial charge is 0.484 e. The van der Waals surface area contributed by atoms with Gasteiger partial charge in [-0.05, 0) is 19.1 Å². The van der Waals surface area contributed by atoms with Crippen molar-refractivity contribution in [1.82, 2.24) is 5.32 Å². The van der Waals surface area contributed by atoms with Gasteiger partial charge in [-0.25, -0.2) is 0 Å². The van der Waals surface area contributed by atoms with Gasteiger partial charge in [-0.15, -0.1) is 0 Å². The Hall–Kier alpha value is -2.29. The van der Waals surface area contributed by atoms with Crippen LogP contribution in [0.15, 0.2) is 18.2 Å². The smallest absolute Gasteiger partial charge is 0.422 e. The molecule has 9 heteroatoms. The number of rotatable bonds is 6. The maximum absolute atomic E-state index is 12.1. The third kappa shape index (κ3) is 6.00. The lowest BCUT2D eigenvalue weighted by atomic mass is 10.2. The number of alkyl halides is 3. The van der Waals surface area contributed by atoms with E-state index >= 15 is 0 Å². The van der Waals surface area contributed by atoms with E-state index in [2.05, 4.69) is 15.4 Å². The van der Waals surface area contributed by atoms with Crippen LogP contribution in [0.2, 0.25) is 0 Å². The van der Waals surface area contributed by atoms with E-state index in [0.29, 0.717) is 11.3 Å². The zero-order valence-electron chi connectivity index (χ0n) is 11.8. The molecule has 0 radical (unpaired) electrons. The Kier molecular flexibility index (Phi) is 6.17. The number of nitrogens with one attached hydrogen (secondary N) is 2. The molecule has 2 amide bonds. The molecule has 0 aliphatic heterocycles. The molecule has 0 fully saturated rings. The standard InChI is InChI=1S/C13H16F3N3O3/c1-8-9(19-12(21)6-18-11(20)5-17)3-2-4-10(8)22-7-13(14,15)16/h2-4H,5-7,17H2,1H3,(H,18,20)(H,19,21). The zero-order valence-corrected chi connectivity index (χ0v) is 11.8. The molecular weight excluding hydrogens is 303 g/mol. The summed E-state index contributed by atoms with van der Waals surface area (Å²) in [4.78, 5) is 22.6. The van der Waals surface area contributed by atoms with E-state index in [1.165, 1.54) is 25.1 Å². The summed E-state index contributed by atoms with van der Waals surface area (Å²) in [6, 6.07) is 4.33. The zero-order chi connectivity index (χ0) is 16.8. The van der Waals surface area contributed by atoms with Crippen molar-refractivity contribution in [2.45, 2.75) is 13.1 Å². The SMILES string of the molecule is Cc1c(NC(=O)CNC(=O)CN)cccc1OCC(F)(F)F. The number of halogens is 3. The highest BCUT2D eigenvalue weighted by Gasteiger charge is 2.28. The number of ether oxygens (including phenoxy) is 1. The molecule has 1 rings (SSSR count). The Morgan fingerprint density at radius 1 is 1.27 bits per heavy atom. The van der Waals surface area contributed by atoms with Gasteiger partial charge < -0.3 is 21.1 Å². The van der Waals surface area contributed by atoms with Gasteiger partial charge in [0.25, 0.3) is 0 Å².